The first-order chi connectivity index (χ1) is 10.0. The molecule has 1 aromatic carbocycles. The molecule has 21 heavy (non-hydrogen) atoms. The summed E-state index contributed by atoms with van der Waals surface area (Å²) in [7, 11) is 0. The number of hydrogen-bond acceptors (Lipinski definition) is 3. The molecule has 0 atom stereocenters. The van der Waals surface area contributed by atoms with Crippen molar-refractivity contribution >= 4 is 5.84 Å². The molecular weight excluding hydrogens is 269 g/mol. The Morgan fingerprint density at radius 1 is 1.29 bits per heavy atom. The lowest BCUT2D eigenvalue weighted by atomic mass is 10.0. The van der Waals surface area contributed by atoms with E-state index in [0.29, 0.717) is 18.0 Å². The van der Waals surface area contributed by atoms with Gasteiger partial charge in [-0.3, -0.25) is 4.90 Å². The third-order valence-corrected chi connectivity index (χ3v) is 3.89. The standard InChI is InChI=1S/C16H26FN3O/c1-4-12(5-2)10-20(6-3)11-13-7-14(16(18)19-21)9-15(17)8-13/h7-9,12,21H,4-6,10-11H2,1-3H3,(H2,18,19). The van der Waals surface area contributed by atoms with Crippen molar-refractivity contribution in [1.29, 1.82) is 0 Å². The van der Waals surface area contributed by atoms with Crippen molar-refractivity contribution in [2.24, 2.45) is 16.8 Å². The average molecular weight is 295 g/mol. The molecule has 0 aliphatic rings. The number of rotatable bonds is 8. The second kappa shape index (κ2) is 8.62. The number of benzene rings is 1. The van der Waals surface area contributed by atoms with E-state index < -0.39 is 0 Å². The second-order valence-electron chi connectivity index (χ2n) is 5.34. The molecule has 0 radical (unpaired) electrons. The topological polar surface area (TPSA) is 61.8 Å². The Morgan fingerprint density at radius 3 is 2.48 bits per heavy atom. The number of oxime groups is 1. The van der Waals surface area contributed by atoms with Crippen LogP contribution in [0.2, 0.25) is 0 Å². The molecule has 0 aliphatic carbocycles. The summed E-state index contributed by atoms with van der Waals surface area (Å²) in [4.78, 5) is 2.29. The average Bonchev–Trinajstić information content (AvgIpc) is 2.49. The molecule has 0 spiro atoms. The Hall–Kier alpha value is -1.62. The quantitative estimate of drug-likeness (QED) is 0.335. The van der Waals surface area contributed by atoms with E-state index in [1.807, 2.05) is 0 Å². The lowest BCUT2D eigenvalue weighted by molar-refractivity contribution is 0.226. The van der Waals surface area contributed by atoms with Gasteiger partial charge in [-0.25, -0.2) is 4.39 Å². The van der Waals surface area contributed by atoms with Crippen LogP contribution in [0.1, 0.15) is 44.7 Å². The van der Waals surface area contributed by atoms with Gasteiger partial charge < -0.3 is 10.9 Å². The zero-order chi connectivity index (χ0) is 15.8. The van der Waals surface area contributed by atoms with E-state index >= 15 is 0 Å². The molecule has 0 aromatic heterocycles. The highest BCUT2D eigenvalue weighted by atomic mass is 19.1. The van der Waals surface area contributed by atoms with Gasteiger partial charge in [-0.2, -0.15) is 0 Å². The van der Waals surface area contributed by atoms with Gasteiger partial charge in [0.05, 0.1) is 0 Å². The lowest BCUT2D eigenvalue weighted by Crippen LogP contribution is -2.29. The monoisotopic (exact) mass is 295 g/mol. The minimum atomic E-state index is -0.368. The van der Waals surface area contributed by atoms with Gasteiger partial charge in [0.2, 0.25) is 0 Å². The van der Waals surface area contributed by atoms with Gasteiger partial charge >= 0.3 is 0 Å². The molecule has 0 heterocycles. The van der Waals surface area contributed by atoms with Crippen molar-refractivity contribution in [3.8, 4) is 0 Å². The second-order valence-corrected chi connectivity index (χ2v) is 5.34. The van der Waals surface area contributed by atoms with Gasteiger partial charge in [0.15, 0.2) is 5.84 Å². The van der Waals surface area contributed by atoms with Crippen LogP contribution in [0.5, 0.6) is 0 Å². The van der Waals surface area contributed by atoms with Gasteiger partial charge in [-0.05, 0) is 36.2 Å². The Labute approximate surface area is 126 Å². The van der Waals surface area contributed by atoms with Crippen LogP contribution in [0.15, 0.2) is 23.4 Å². The Bertz CT molecular complexity index is 473. The molecule has 1 aromatic rings. The molecule has 0 aliphatic heterocycles. The van der Waals surface area contributed by atoms with E-state index in [0.717, 1.165) is 31.5 Å². The van der Waals surface area contributed by atoms with Crippen LogP contribution >= 0.6 is 0 Å². The van der Waals surface area contributed by atoms with Crippen LogP contribution in [0.25, 0.3) is 0 Å². The SMILES string of the molecule is CCC(CC)CN(CC)Cc1cc(F)cc(/C(N)=N/O)c1. The fraction of sp³-hybridized carbons (Fsp3) is 0.562. The lowest BCUT2D eigenvalue weighted by Gasteiger charge is -2.25. The predicted molar refractivity (Wildman–Crippen MR) is 83.9 cm³/mol. The summed E-state index contributed by atoms with van der Waals surface area (Å²) in [6.45, 7) is 9.06. The smallest absolute Gasteiger partial charge is 0.170 e. The van der Waals surface area contributed by atoms with Crippen LogP contribution in [0, 0.1) is 11.7 Å². The third kappa shape index (κ3) is 5.34. The molecule has 3 N–H and O–H groups in total. The maximum Gasteiger partial charge on any atom is 0.170 e. The van der Waals surface area contributed by atoms with Gasteiger partial charge in [0.1, 0.15) is 5.82 Å². The molecule has 1 rings (SSSR count). The van der Waals surface area contributed by atoms with E-state index in [2.05, 4.69) is 30.8 Å². The summed E-state index contributed by atoms with van der Waals surface area (Å²) in [5.41, 5.74) is 6.78. The summed E-state index contributed by atoms with van der Waals surface area (Å²) in [5, 5.41) is 11.6. The minimum absolute atomic E-state index is 0.0706. The van der Waals surface area contributed by atoms with E-state index in [4.69, 9.17) is 10.9 Å². The zero-order valence-electron chi connectivity index (χ0n) is 13.1. The number of hydrogen-bond donors (Lipinski definition) is 2. The molecule has 0 saturated heterocycles. The normalized spacial score (nSPS) is 12.4. The first kappa shape index (κ1) is 17.4. The summed E-state index contributed by atoms with van der Waals surface area (Å²) < 4.78 is 13.7. The molecule has 0 saturated carbocycles. The first-order valence-electron chi connectivity index (χ1n) is 7.53. The molecule has 5 heteroatoms. The Morgan fingerprint density at radius 2 is 1.95 bits per heavy atom. The molecule has 118 valence electrons. The fourth-order valence-electron chi connectivity index (χ4n) is 2.42. The Kier molecular flexibility index (Phi) is 7.15. The zero-order valence-corrected chi connectivity index (χ0v) is 13.1. The van der Waals surface area contributed by atoms with Crippen LogP contribution in [-0.4, -0.2) is 29.0 Å². The number of nitrogens with zero attached hydrogens (tertiary/aromatic N) is 2. The van der Waals surface area contributed by atoms with Gasteiger partial charge in [0, 0.05) is 18.7 Å². The molecule has 0 amide bonds. The first-order valence-corrected chi connectivity index (χ1v) is 7.53. The van der Waals surface area contributed by atoms with Crippen LogP contribution in [0.3, 0.4) is 0 Å². The Balaban J connectivity index is 2.87. The van der Waals surface area contributed by atoms with Crippen molar-refractivity contribution in [1.82, 2.24) is 4.90 Å². The number of nitrogens with two attached hydrogens (primary N) is 1. The van der Waals surface area contributed by atoms with E-state index in [1.165, 1.54) is 12.1 Å². The van der Waals surface area contributed by atoms with Crippen LogP contribution in [-0.2, 0) is 6.54 Å². The van der Waals surface area contributed by atoms with Crippen molar-refractivity contribution in [3.05, 3.63) is 35.1 Å². The largest absolute Gasteiger partial charge is 0.409 e. The maximum absolute atomic E-state index is 13.7. The predicted octanol–water partition coefficient (Wildman–Crippen LogP) is 3.18. The van der Waals surface area contributed by atoms with Crippen molar-refractivity contribution in [3.63, 3.8) is 0 Å². The number of halogens is 1. The molecule has 0 bridgehead atoms. The van der Waals surface area contributed by atoms with Crippen LogP contribution in [0.4, 0.5) is 4.39 Å². The summed E-state index contributed by atoms with van der Waals surface area (Å²) in [6.07, 6.45) is 2.29. The van der Waals surface area contributed by atoms with Crippen molar-refractivity contribution in [2.45, 2.75) is 40.2 Å². The fourth-order valence-corrected chi connectivity index (χ4v) is 2.42. The summed E-state index contributed by atoms with van der Waals surface area (Å²) >= 11 is 0. The maximum atomic E-state index is 13.7. The summed E-state index contributed by atoms with van der Waals surface area (Å²) in [5.74, 6) is 0.216. The van der Waals surface area contributed by atoms with Crippen LogP contribution < -0.4 is 5.73 Å². The van der Waals surface area contributed by atoms with Gasteiger partial charge in [0.25, 0.3) is 0 Å². The molecule has 0 unspecified atom stereocenters. The summed E-state index contributed by atoms with van der Waals surface area (Å²) in [6, 6.07) is 4.55. The molecule has 4 nitrogen and oxygen atoms in total. The highest BCUT2D eigenvalue weighted by Crippen LogP contribution is 2.15. The molecular formula is C16H26FN3O. The van der Waals surface area contributed by atoms with Crippen molar-refractivity contribution in [2.75, 3.05) is 13.1 Å². The van der Waals surface area contributed by atoms with E-state index in [9.17, 15) is 4.39 Å². The van der Waals surface area contributed by atoms with E-state index in [1.54, 1.807) is 6.07 Å². The van der Waals surface area contributed by atoms with E-state index in [-0.39, 0.29) is 11.7 Å². The third-order valence-electron chi connectivity index (χ3n) is 3.89. The van der Waals surface area contributed by atoms with Gasteiger partial charge in [-0.15, -0.1) is 0 Å². The minimum Gasteiger partial charge on any atom is -0.409 e. The molecule has 0 fully saturated rings. The highest BCUT2D eigenvalue weighted by molar-refractivity contribution is 5.97. The van der Waals surface area contributed by atoms with Crippen molar-refractivity contribution < 1.29 is 9.60 Å². The number of amidine groups is 1. The van der Waals surface area contributed by atoms with Gasteiger partial charge in [-0.1, -0.05) is 38.8 Å². The highest BCUT2D eigenvalue weighted by Gasteiger charge is 2.12.